The lowest BCUT2D eigenvalue weighted by molar-refractivity contribution is 0.199. The maximum atomic E-state index is 5.08. The van der Waals surface area contributed by atoms with Gasteiger partial charge in [-0.25, -0.2) is 4.98 Å². The molecule has 5 heteroatoms. The van der Waals surface area contributed by atoms with Gasteiger partial charge in [0.15, 0.2) is 5.13 Å². The van der Waals surface area contributed by atoms with Gasteiger partial charge in [0, 0.05) is 37.7 Å². The zero-order valence-corrected chi connectivity index (χ0v) is 13.8. The average Bonchev–Trinajstić information content (AvgIpc) is 3.20. The summed E-state index contributed by atoms with van der Waals surface area (Å²) in [6.45, 7) is 8.10. The molecule has 1 fully saturated rings. The van der Waals surface area contributed by atoms with Crippen LogP contribution in [0.2, 0.25) is 0 Å². The van der Waals surface area contributed by atoms with Gasteiger partial charge in [-0.3, -0.25) is 0 Å². The molecule has 114 valence electrons. The molecule has 1 saturated carbocycles. The van der Waals surface area contributed by atoms with Crippen molar-refractivity contribution in [3.63, 3.8) is 0 Å². The third-order valence-electron chi connectivity index (χ3n) is 3.60. The SMILES string of the molecule is CCCc1nc(N(CC)C2CC2)sc1CNCCOC. The van der Waals surface area contributed by atoms with E-state index < -0.39 is 0 Å². The molecule has 1 aliphatic carbocycles. The lowest BCUT2D eigenvalue weighted by Gasteiger charge is -2.18. The van der Waals surface area contributed by atoms with E-state index in [1.165, 1.54) is 28.5 Å². The van der Waals surface area contributed by atoms with Gasteiger partial charge in [-0.2, -0.15) is 0 Å². The zero-order valence-electron chi connectivity index (χ0n) is 12.9. The molecule has 1 heterocycles. The number of nitrogens with zero attached hydrogens (tertiary/aromatic N) is 2. The maximum Gasteiger partial charge on any atom is 0.186 e. The molecule has 0 unspecified atom stereocenters. The highest BCUT2D eigenvalue weighted by molar-refractivity contribution is 7.15. The molecule has 2 rings (SSSR count). The van der Waals surface area contributed by atoms with Crippen LogP contribution in [0.4, 0.5) is 5.13 Å². The van der Waals surface area contributed by atoms with Crippen LogP contribution in [0.25, 0.3) is 0 Å². The predicted octanol–water partition coefficient (Wildman–Crippen LogP) is 2.82. The number of aryl methyl sites for hydroxylation is 1. The zero-order chi connectivity index (χ0) is 14.4. The number of anilines is 1. The van der Waals surface area contributed by atoms with Gasteiger partial charge in [0.25, 0.3) is 0 Å². The Morgan fingerprint density at radius 2 is 2.20 bits per heavy atom. The maximum absolute atomic E-state index is 5.08. The number of aromatic nitrogens is 1. The van der Waals surface area contributed by atoms with Crippen molar-refractivity contribution in [2.75, 3.05) is 31.7 Å². The van der Waals surface area contributed by atoms with Gasteiger partial charge in [-0.1, -0.05) is 13.3 Å². The molecule has 0 amide bonds. The highest BCUT2D eigenvalue weighted by atomic mass is 32.1. The van der Waals surface area contributed by atoms with Crippen molar-refractivity contribution >= 4 is 16.5 Å². The summed E-state index contributed by atoms with van der Waals surface area (Å²) < 4.78 is 5.08. The smallest absolute Gasteiger partial charge is 0.186 e. The Kier molecular flexibility index (Phi) is 6.26. The summed E-state index contributed by atoms with van der Waals surface area (Å²) in [6, 6.07) is 0.745. The second kappa shape index (κ2) is 7.96. The highest BCUT2D eigenvalue weighted by Gasteiger charge is 2.30. The summed E-state index contributed by atoms with van der Waals surface area (Å²) in [7, 11) is 1.74. The molecule has 0 aliphatic heterocycles. The molecule has 1 aliphatic rings. The Hall–Kier alpha value is -0.650. The fraction of sp³-hybridized carbons (Fsp3) is 0.800. The third kappa shape index (κ3) is 4.17. The van der Waals surface area contributed by atoms with Crippen LogP contribution < -0.4 is 10.2 Å². The number of methoxy groups -OCH3 is 1. The Morgan fingerprint density at radius 1 is 1.40 bits per heavy atom. The Bertz CT molecular complexity index is 404. The number of thiazole rings is 1. The normalized spacial score (nSPS) is 14.8. The summed E-state index contributed by atoms with van der Waals surface area (Å²) in [5, 5.41) is 4.67. The summed E-state index contributed by atoms with van der Waals surface area (Å²) in [5.41, 5.74) is 1.29. The largest absolute Gasteiger partial charge is 0.383 e. The first-order valence-electron chi connectivity index (χ1n) is 7.75. The third-order valence-corrected chi connectivity index (χ3v) is 4.73. The van der Waals surface area contributed by atoms with Crippen LogP contribution in [0, 0.1) is 0 Å². The number of ether oxygens (including phenoxy) is 1. The van der Waals surface area contributed by atoms with Gasteiger partial charge in [0.05, 0.1) is 12.3 Å². The molecule has 0 saturated heterocycles. The lowest BCUT2D eigenvalue weighted by Crippen LogP contribution is -2.24. The van der Waals surface area contributed by atoms with Crippen molar-refractivity contribution in [1.82, 2.24) is 10.3 Å². The van der Waals surface area contributed by atoms with Gasteiger partial charge in [0.1, 0.15) is 0 Å². The highest BCUT2D eigenvalue weighted by Crippen LogP contribution is 2.35. The Balaban J connectivity index is 2.02. The van der Waals surface area contributed by atoms with E-state index in [9.17, 15) is 0 Å². The van der Waals surface area contributed by atoms with Crippen molar-refractivity contribution in [1.29, 1.82) is 0 Å². The molecule has 0 spiro atoms. The van der Waals surface area contributed by atoms with Crippen LogP contribution in [-0.4, -0.2) is 37.8 Å². The van der Waals surface area contributed by atoms with E-state index in [1.54, 1.807) is 7.11 Å². The predicted molar refractivity (Wildman–Crippen MR) is 85.7 cm³/mol. The van der Waals surface area contributed by atoms with Gasteiger partial charge in [0.2, 0.25) is 0 Å². The first kappa shape index (κ1) is 15.7. The molecule has 20 heavy (non-hydrogen) atoms. The van der Waals surface area contributed by atoms with Crippen molar-refractivity contribution in [2.45, 2.75) is 52.1 Å². The standard InChI is InChI=1S/C15H27N3OS/c1-4-6-13-14(11-16-9-10-19-3)20-15(17-13)18(5-2)12-7-8-12/h12,16H,4-11H2,1-3H3. The minimum Gasteiger partial charge on any atom is -0.383 e. The van der Waals surface area contributed by atoms with Crippen LogP contribution in [0.15, 0.2) is 0 Å². The quantitative estimate of drug-likeness (QED) is 0.674. The molecular formula is C15H27N3OS. The van der Waals surface area contributed by atoms with E-state index in [0.29, 0.717) is 0 Å². The van der Waals surface area contributed by atoms with Crippen LogP contribution >= 0.6 is 11.3 Å². The van der Waals surface area contributed by atoms with E-state index in [2.05, 4.69) is 24.1 Å². The van der Waals surface area contributed by atoms with Crippen LogP contribution in [0.5, 0.6) is 0 Å². The molecule has 0 bridgehead atoms. The second-order valence-corrected chi connectivity index (χ2v) is 6.37. The molecule has 0 aromatic carbocycles. The minimum absolute atomic E-state index is 0.745. The van der Waals surface area contributed by atoms with Crippen LogP contribution in [0.1, 0.15) is 43.7 Å². The van der Waals surface area contributed by atoms with Gasteiger partial charge in [-0.15, -0.1) is 11.3 Å². The van der Waals surface area contributed by atoms with E-state index in [-0.39, 0.29) is 0 Å². The van der Waals surface area contributed by atoms with Gasteiger partial charge < -0.3 is 15.0 Å². The number of hydrogen-bond acceptors (Lipinski definition) is 5. The van der Waals surface area contributed by atoms with Crippen molar-refractivity contribution in [3.05, 3.63) is 10.6 Å². The first-order chi connectivity index (χ1) is 9.80. The summed E-state index contributed by atoms with van der Waals surface area (Å²) in [4.78, 5) is 8.78. The molecule has 1 aromatic rings. The molecule has 0 radical (unpaired) electrons. The van der Waals surface area contributed by atoms with E-state index in [1.807, 2.05) is 11.3 Å². The molecule has 1 aromatic heterocycles. The lowest BCUT2D eigenvalue weighted by atomic mass is 10.2. The van der Waals surface area contributed by atoms with Gasteiger partial charge >= 0.3 is 0 Å². The van der Waals surface area contributed by atoms with Gasteiger partial charge in [-0.05, 0) is 26.2 Å². The summed E-state index contributed by atoms with van der Waals surface area (Å²) >= 11 is 1.87. The number of rotatable bonds is 10. The molecule has 4 nitrogen and oxygen atoms in total. The molecular weight excluding hydrogens is 270 g/mol. The molecule has 1 N–H and O–H groups in total. The summed E-state index contributed by atoms with van der Waals surface area (Å²) in [5.74, 6) is 0. The van der Waals surface area contributed by atoms with Crippen LogP contribution in [0.3, 0.4) is 0 Å². The topological polar surface area (TPSA) is 37.4 Å². The van der Waals surface area contributed by atoms with E-state index >= 15 is 0 Å². The number of hydrogen-bond donors (Lipinski definition) is 1. The first-order valence-corrected chi connectivity index (χ1v) is 8.56. The Morgan fingerprint density at radius 3 is 2.80 bits per heavy atom. The fourth-order valence-corrected chi connectivity index (χ4v) is 3.59. The van der Waals surface area contributed by atoms with Crippen LogP contribution in [-0.2, 0) is 17.7 Å². The van der Waals surface area contributed by atoms with Crippen molar-refractivity contribution in [2.24, 2.45) is 0 Å². The van der Waals surface area contributed by atoms with Crippen molar-refractivity contribution < 1.29 is 4.74 Å². The van der Waals surface area contributed by atoms with E-state index in [4.69, 9.17) is 9.72 Å². The second-order valence-electron chi connectivity index (χ2n) is 5.30. The monoisotopic (exact) mass is 297 g/mol. The average molecular weight is 297 g/mol. The van der Waals surface area contributed by atoms with E-state index in [0.717, 1.165) is 45.1 Å². The Labute approximate surface area is 126 Å². The summed E-state index contributed by atoms with van der Waals surface area (Å²) in [6.07, 6.45) is 4.90. The fourth-order valence-electron chi connectivity index (χ4n) is 2.37. The number of nitrogens with one attached hydrogen (secondary N) is 1. The molecule has 0 atom stereocenters. The van der Waals surface area contributed by atoms with Crippen molar-refractivity contribution in [3.8, 4) is 0 Å². The minimum atomic E-state index is 0.745.